The van der Waals surface area contributed by atoms with Crippen LogP contribution in [0.3, 0.4) is 0 Å². The minimum absolute atomic E-state index is 0.0839. The van der Waals surface area contributed by atoms with Crippen molar-refractivity contribution in [2.75, 3.05) is 13.2 Å². The molecule has 0 aliphatic heterocycles. The summed E-state index contributed by atoms with van der Waals surface area (Å²) in [7, 11) is 0. The second kappa shape index (κ2) is 5.79. The maximum Gasteiger partial charge on any atom is 0.253 e. The zero-order valence-electron chi connectivity index (χ0n) is 10.6. The van der Waals surface area contributed by atoms with Crippen molar-refractivity contribution in [2.45, 2.75) is 13.3 Å². The van der Waals surface area contributed by atoms with Crippen molar-refractivity contribution in [3.8, 4) is 0 Å². The van der Waals surface area contributed by atoms with Crippen molar-refractivity contribution < 1.29 is 14.3 Å². The molecule has 102 valence electrons. The van der Waals surface area contributed by atoms with Crippen LogP contribution in [0.25, 0.3) is 11.0 Å². The Morgan fingerprint density at radius 3 is 3.11 bits per heavy atom. The topological polar surface area (TPSA) is 78.0 Å². The lowest BCUT2D eigenvalue weighted by atomic mass is 10.1. The lowest BCUT2D eigenvalue weighted by Gasteiger charge is -2.11. The number of carbonyl (C=O) groups is 1. The number of hydrogen-bond donors (Lipinski definition) is 3. The zero-order chi connectivity index (χ0) is 13.8. The molecule has 1 amide bonds. The van der Waals surface area contributed by atoms with E-state index in [4.69, 9.17) is 5.11 Å². The van der Waals surface area contributed by atoms with Gasteiger partial charge in [0.25, 0.3) is 5.91 Å². The van der Waals surface area contributed by atoms with Crippen LogP contribution in [-0.4, -0.2) is 34.1 Å². The van der Waals surface area contributed by atoms with Crippen LogP contribution in [0.15, 0.2) is 18.5 Å². The van der Waals surface area contributed by atoms with Gasteiger partial charge in [-0.15, -0.1) is 0 Å². The number of aliphatic hydroxyl groups excluding tert-OH is 1. The molecule has 5 nitrogen and oxygen atoms in total. The third-order valence-electron chi connectivity index (χ3n) is 2.97. The highest BCUT2D eigenvalue weighted by Gasteiger charge is 2.14. The van der Waals surface area contributed by atoms with E-state index in [0.29, 0.717) is 24.0 Å². The Labute approximate surface area is 109 Å². The average molecular weight is 265 g/mol. The normalized spacial score (nSPS) is 12.6. The summed E-state index contributed by atoms with van der Waals surface area (Å²) in [4.78, 5) is 18.8. The molecular formula is C13H16FN3O2. The Kier molecular flexibility index (Phi) is 4.11. The number of benzene rings is 1. The van der Waals surface area contributed by atoms with Crippen LogP contribution in [-0.2, 0) is 0 Å². The predicted octanol–water partition coefficient (Wildman–Crippen LogP) is 1.45. The molecule has 1 aromatic heterocycles. The number of aliphatic hydroxyl groups is 1. The standard InChI is InChI=1S/C13H16FN3O2/c1-8(2-3-18)6-15-13(19)10-4-9(14)5-11-12(10)17-7-16-11/h4-5,7-8,18H,2-3,6H2,1H3,(H,15,19)(H,16,17). The minimum Gasteiger partial charge on any atom is -0.396 e. The van der Waals surface area contributed by atoms with Gasteiger partial charge in [-0.05, 0) is 24.5 Å². The number of imidazole rings is 1. The first-order valence-corrected chi connectivity index (χ1v) is 6.13. The van der Waals surface area contributed by atoms with Crippen LogP contribution >= 0.6 is 0 Å². The van der Waals surface area contributed by atoms with Crippen molar-refractivity contribution in [1.29, 1.82) is 0 Å². The van der Waals surface area contributed by atoms with Gasteiger partial charge in [0, 0.05) is 13.2 Å². The average Bonchev–Trinajstić information content (AvgIpc) is 2.83. The molecule has 1 atom stereocenters. The van der Waals surface area contributed by atoms with E-state index in [-0.39, 0.29) is 24.0 Å². The summed E-state index contributed by atoms with van der Waals surface area (Å²) in [6.07, 6.45) is 2.04. The van der Waals surface area contributed by atoms with Gasteiger partial charge in [0.2, 0.25) is 0 Å². The van der Waals surface area contributed by atoms with Gasteiger partial charge in [-0.1, -0.05) is 6.92 Å². The van der Waals surface area contributed by atoms with Crippen LogP contribution in [0.1, 0.15) is 23.7 Å². The third kappa shape index (κ3) is 3.08. The van der Waals surface area contributed by atoms with Crippen molar-refractivity contribution in [3.63, 3.8) is 0 Å². The number of aromatic nitrogens is 2. The van der Waals surface area contributed by atoms with Crippen molar-refractivity contribution in [1.82, 2.24) is 15.3 Å². The molecule has 3 N–H and O–H groups in total. The van der Waals surface area contributed by atoms with Gasteiger partial charge in [-0.3, -0.25) is 4.79 Å². The molecule has 6 heteroatoms. The van der Waals surface area contributed by atoms with E-state index in [1.165, 1.54) is 18.5 Å². The first kappa shape index (κ1) is 13.5. The van der Waals surface area contributed by atoms with E-state index in [9.17, 15) is 9.18 Å². The summed E-state index contributed by atoms with van der Waals surface area (Å²) in [6.45, 7) is 2.44. The minimum atomic E-state index is -0.481. The van der Waals surface area contributed by atoms with Crippen LogP contribution < -0.4 is 5.32 Å². The lowest BCUT2D eigenvalue weighted by molar-refractivity contribution is 0.0946. The summed E-state index contributed by atoms with van der Waals surface area (Å²) in [5, 5.41) is 11.5. The van der Waals surface area contributed by atoms with E-state index in [2.05, 4.69) is 15.3 Å². The summed E-state index contributed by atoms with van der Waals surface area (Å²) in [6, 6.07) is 2.47. The fraction of sp³-hybridized carbons (Fsp3) is 0.385. The summed E-state index contributed by atoms with van der Waals surface area (Å²) in [5.74, 6) is -0.677. The number of carbonyl (C=O) groups excluding carboxylic acids is 1. The Hall–Kier alpha value is -1.95. The number of nitrogens with zero attached hydrogens (tertiary/aromatic N) is 1. The number of halogens is 1. The molecule has 0 bridgehead atoms. The van der Waals surface area contributed by atoms with E-state index >= 15 is 0 Å². The van der Waals surface area contributed by atoms with Gasteiger partial charge in [-0.2, -0.15) is 0 Å². The third-order valence-corrected chi connectivity index (χ3v) is 2.97. The molecule has 0 radical (unpaired) electrons. The van der Waals surface area contributed by atoms with Crippen LogP contribution in [0.2, 0.25) is 0 Å². The van der Waals surface area contributed by atoms with Gasteiger partial charge >= 0.3 is 0 Å². The summed E-state index contributed by atoms with van der Waals surface area (Å²) >= 11 is 0. The van der Waals surface area contributed by atoms with Gasteiger partial charge in [0.05, 0.1) is 17.4 Å². The molecule has 2 rings (SSSR count). The largest absolute Gasteiger partial charge is 0.396 e. The zero-order valence-corrected chi connectivity index (χ0v) is 10.6. The van der Waals surface area contributed by atoms with Crippen molar-refractivity contribution in [2.24, 2.45) is 5.92 Å². The maximum atomic E-state index is 13.4. The molecular weight excluding hydrogens is 249 g/mol. The molecule has 0 saturated heterocycles. The summed E-state index contributed by atoms with van der Waals surface area (Å²) in [5.41, 5.74) is 1.16. The lowest BCUT2D eigenvalue weighted by Crippen LogP contribution is -2.29. The fourth-order valence-corrected chi connectivity index (χ4v) is 1.87. The first-order chi connectivity index (χ1) is 9.11. The first-order valence-electron chi connectivity index (χ1n) is 6.13. The number of rotatable bonds is 5. The SMILES string of the molecule is CC(CCO)CNC(=O)c1cc(F)cc2[nH]cnc12. The second-order valence-electron chi connectivity index (χ2n) is 4.58. The van der Waals surface area contributed by atoms with E-state index in [1.54, 1.807) is 0 Å². The molecule has 0 aliphatic carbocycles. The number of amides is 1. The predicted molar refractivity (Wildman–Crippen MR) is 69.3 cm³/mol. The molecule has 0 fully saturated rings. The maximum absolute atomic E-state index is 13.4. The van der Waals surface area contributed by atoms with Gasteiger partial charge < -0.3 is 15.4 Å². The molecule has 0 saturated carbocycles. The Morgan fingerprint density at radius 2 is 2.37 bits per heavy atom. The van der Waals surface area contributed by atoms with Crippen LogP contribution in [0.5, 0.6) is 0 Å². The summed E-state index contributed by atoms with van der Waals surface area (Å²) < 4.78 is 13.4. The Morgan fingerprint density at radius 1 is 1.58 bits per heavy atom. The Balaban J connectivity index is 2.15. The number of fused-ring (bicyclic) bond motifs is 1. The second-order valence-corrected chi connectivity index (χ2v) is 4.58. The smallest absolute Gasteiger partial charge is 0.253 e. The van der Waals surface area contributed by atoms with Crippen LogP contribution in [0, 0.1) is 11.7 Å². The molecule has 0 spiro atoms. The van der Waals surface area contributed by atoms with Crippen molar-refractivity contribution >= 4 is 16.9 Å². The van der Waals surface area contributed by atoms with Gasteiger partial charge in [0.15, 0.2) is 0 Å². The highest BCUT2D eigenvalue weighted by molar-refractivity contribution is 6.04. The quantitative estimate of drug-likeness (QED) is 0.765. The molecule has 0 aliphatic rings. The molecule has 19 heavy (non-hydrogen) atoms. The van der Waals surface area contributed by atoms with Gasteiger partial charge in [0.1, 0.15) is 11.3 Å². The van der Waals surface area contributed by atoms with E-state index in [0.717, 1.165) is 0 Å². The van der Waals surface area contributed by atoms with E-state index < -0.39 is 5.82 Å². The molecule has 2 aromatic rings. The highest BCUT2D eigenvalue weighted by Crippen LogP contribution is 2.17. The molecule has 1 aromatic carbocycles. The van der Waals surface area contributed by atoms with Crippen molar-refractivity contribution in [3.05, 3.63) is 29.8 Å². The van der Waals surface area contributed by atoms with Crippen LogP contribution in [0.4, 0.5) is 4.39 Å². The Bertz CT molecular complexity index is 582. The number of nitrogens with one attached hydrogen (secondary N) is 2. The monoisotopic (exact) mass is 265 g/mol. The highest BCUT2D eigenvalue weighted by atomic mass is 19.1. The fourth-order valence-electron chi connectivity index (χ4n) is 1.87. The molecule has 1 heterocycles. The number of H-pyrrole nitrogens is 1. The number of hydrogen-bond acceptors (Lipinski definition) is 3. The number of aromatic amines is 1. The van der Waals surface area contributed by atoms with Gasteiger partial charge in [-0.25, -0.2) is 9.37 Å². The molecule has 1 unspecified atom stereocenters. The van der Waals surface area contributed by atoms with E-state index in [1.807, 2.05) is 6.92 Å².